The molecule has 3 N–H and O–H groups in total. The quantitative estimate of drug-likeness (QED) is 0.796. The number of nitrogens with one attached hydrogen (secondary N) is 1. The molecule has 106 valence electrons. The third-order valence-electron chi connectivity index (χ3n) is 2.70. The normalized spacial score (nSPS) is 12.0. The highest BCUT2D eigenvalue weighted by atomic mass is 16.5. The van der Waals surface area contributed by atoms with Gasteiger partial charge in [-0.2, -0.15) is 0 Å². The summed E-state index contributed by atoms with van der Waals surface area (Å²) in [5.74, 6) is 0.707. The smallest absolute Gasteiger partial charge is 0.224 e. The molecule has 0 fully saturated rings. The van der Waals surface area contributed by atoms with Gasteiger partial charge in [0.15, 0.2) is 0 Å². The van der Waals surface area contributed by atoms with E-state index in [1.807, 2.05) is 32.0 Å². The molecule has 0 spiro atoms. The molecule has 0 aliphatic heterocycles. The molecule has 0 heterocycles. The van der Waals surface area contributed by atoms with Crippen molar-refractivity contribution in [2.75, 3.05) is 11.9 Å². The van der Waals surface area contributed by atoms with Crippen molar-refractivity contribution in [3.63, 3.8) is 0 Å². The number of hydrogen-bond donors (Lipinski definition) is 2. The van der Waals surface area contributed by atoms with E-state index in [9.17, 15) is 4.79 Å². The number of benzene rings is 1. The molecule has 0 aromatic heterocycles. The van der Waals surface area contributed by atoms with Crippen LogP contribution in [0.15, 0.2) is 18.2 Å². The van der Waals surface area contributed by atoms with Crippen LogP contribution in [0.2, 0.25) is 0 Å². The SMILES string of the molecule is CCCOc1cc(C)ccc1NC(=O)CCC(C)N. The van der Waals surface area contributed by atoms with Gasteiger partial charge in [-0.15, -0.1) is 0 Å². The zero-order valence-corrected chi connectivity index (χ0v) is 12.0. The van der Waals surface area contributed by atoms with Crippen LogP contribution in [0.3, 0.4) is 0 Å². The fourth-order valence-corrected chi connectivity index (χ4v) is 1.64. The zero-order valence-electron chi connectivity index (χ0n) is 12.0. The molecule has 0 aliphatic carbocycles. The Hall–Kier alpha value is -1.55. The first-order valence-corrected chi connectivity index (χ1v) is 6.81. The van der Waals surface area contributed by atoms with E-state index in [1.54, 1.807) is 0 Å². The number of hydrogen-bond acceptors (Lipinski definition) is 3. The molecule has 0 radical (unpaired) electrons. The van der Waals surface area contributed by atoms with Crippen LogP contribution in [0.1, 0.15) is 38.7 Å². The number of carbonyl (C=O) groups excluding carboxylic acids is 1. The molecule has 1 atom stereocenters. The largest absolute Gasteiger partial charge is 0.491 e. The predicted molar refractivity (Wildman–Crippen MR) is 78.5 cm³/mol. The van der Waals surface area contributed by atoms with Gasteiger partial charge in [-0.05, 0) is 44.4 Å². The Morgan fingerprint density at radius 3 is 2.84 bits per heavy atom. The molecular weight excluding hydrogens is 240 g/mol. The molecule has 1 rings (SSSR count). The number of carbonyl (C=O) groups is 1. The molecule has 1 aromatic carbocycles. The summed E-state index contributed by atoms with van der Waals surface area (Å²) in [7, 11) is 0. The Morgan fingerprint density at radius 1 is 1.47 bits per heavy atom. The molecule has 0 saturated heterocycles. The third-order valence-corrected chi connectivity index (χ3v) is 2.70. The monoisotopic (exact) mass is 264 g/mol. The Bertz CT molecular complexity index is 417. The number of aryl methyl sites for hydroxylation is 1. The molecule has 19 heavy (non-hydrogen) atoms. The minimum absolute atomic E-state index is 0.0255. The summed E-state index contributed by atoms with van der Waals surface area (Å²) >= 11 is 0. The maximum absolute atomic E-state index is 11.8. The van der Waals surface area contributed by atoms with Crippen molar-refractivity contribution in [1.29, 1.82) is 0 Å². The van der Waals surface area contributed by atoms with E-state index in [4.69, 9.17) is 10.5 Å². The van der Waals surface area contributed by atoms with Gasteiger partial charge < -0.3 is 15.8 Å². The van der Waals surface area contributed by atoms with Gasteiger partial charge in [0.25, 0.3) is 0 Å². The Balaban J connectivity index is 2.68. The van der Waals surface area contributed by atoms with Crippen LogP contribution in [0.25, 0.3) is 0 Å². The molecule has 4 nitrogen and oxygen atoms in total. The molecule has 1 unspecified atom stereocenters. The summed E-state index contributed by atoms with van der Waals surface area (Å²) < 4.78 is 5.65. The van der Waals surface area contributed by atoms with Crippen LogP contribution in [-0.2, 0) is 4.79 Å². The lowest BCUT2D eigenvalue weighted by atomic mass is 10.1. The number of nitrogens with two attached hydrogens (primary N) is 1. The van der Waals surface area contributed by atoms with E-state index in [-0.39, 0.29) is 11.9 Å². The van der Waals surface area contributed by atoms with E-state index in [2.05, 4.69) is 12.2 Å². The summed E-state index contributed by atoms with van der Waals surface area (Å²) in [6.45, 7) is 6.60. The second kappa shape index (κ2) is 7.79. The van der Waals surface area contributed by atoms with Crippen molar-refractivity contribution >= 4 is 11.6 Å². The van der Waals surface area contributed by atoms with Gasteiger partial charge in [-0.3, -0.25) is 4.79 Å². The van der Waals surface area contributed by atoms with Gasteiger partial charge >= 0.3 is 0 Å². The summed E-state index contributed by atoms with van der Waals surface area (Å²) in [5.41, 5.74) is 7.49. The van der Waals surface area contributed by atoms with Gasteiger partial charge in [-0.1, -0.05) is 13.0 Å². The molecular formula is C15H24N2O2. The molecule has 0 bridgehead atoms. The maximum atomic E-state index is 11.8. The van der Waals surface area contributed by atoms with Crippen LogP contribution >= 0.6 is 0 Å². The first kappa shape index (κ1) is 15.5. The first-order valence-electron chi connectivity index (χ1n) is 6.81. The molecule has 0 saturated carbocycles. The van der Waals surface area contributed by atoms with Crippen molar-refractivity contribution < 1.29 is 9.53 Å². The maximum Gasteiger partial charge on any atom is 0.224 e. The number of rotatable bonds is 7. The number of amides is 1. The fraction of sp³-hybridized carbons (Fsp3) is 0.533. The molecule has 4 heteroatoms. The van der Waals surface area contributed by atoms with Crippen LogP contribution in [-0.4, -0.2) is 18.6 Å². The fourth-order valence-electron chi connectivity index (χ4n) is 1.64. The van der Waals surface area contributed by atoms with Crippen molar-refractivity contribution in [1.82, 2.24) is 0 Å². The highest BCUT2D eigenvalue weighted by molar-refractivity contribution is 5.92. The van der Waals surface area contributed by atoms with Gasteiger partial charge in [0.05, 0.1) is 12.3 Å². The van der Waals surface area contributed by atoms with E-state index >= 15 is 0 Å². The molecule has 1 amide bonds. The Labute approximate surface area is 115 Å². The standard InChI is InChI=1S/C15H24N2O2/c1-4-9-19-14-10-11(2)5-7-13(14)17-15(18)8-6-12(3)16/h5,7,10,12H,4,6,8-9,16H2,1-3H3,(H,17,18). The highest BCUT2D eigenvalue weighted by Crippen LogP contribution is 2.26. The van der Waals surface area contributed by atoms with Crippen molar-refractivity contribution in [3.05, 3.63) is 23.8 Å². The van der Waals surface area contributed by atoms with Crippen LogP contribution in [0.5, 0.6) is 5.75 Å². The van der Waals surface area contributed by atoms with Gasteiger partial charge in [0, 0.05) is 12.5 Å². The minimum Gasteiger partial charge on any atom is -0.491 e. The minimum atomic E-state index is -0.0255. The predicted octanol–water partition coefficient (Wildman–Crippen LogP) is 2.85. The number of anilines is 1. The van der Waals surface area contributed by atoms with Gasteiger partial charge in [-0.25, -0.2) is 0 Å². The van der Waals surface area contributed by atoms with Crippen LogP contribution in [0, 0.1) is 6.92 Å². The lowest BCUT2D eigenvalue weighted by molar-refractivity contribution is -0.116. The average molecular weight is 264 g/mol. The Kier molecular flexibility index (Phi) is 6.36. The van der Waals surface area contributed by atoms with E-state index in [1.165, 1.54) is 0 Å². The first-order chi connectivity index (χ1) is 9.02. The van der Waals surface area contributed by atoms with Gasteiger partial charge in [0.1, 0.15) is 5.75 Å². The third kappa shape index (κ3) is 5.75. The second-order valence-electron chi connectivity index (χ2n) is 4.91. The average Bonchev–Trinajstić information content (AvgIpc) is 2.36. The zero-order chi connectivity index (χ0) is 14.3. The van der Waals surface area contributed by atoms with Crippen LogP contribution in [0.4, 0.5) is 5.69 Å². The lowest BCUT2D eigenvalue weighted by Crippen LogP contribution is -2.19. The van der Waals surface area contributed by atoms with Crippen LogP contribution < -0.4 is 15.8 Å². The van der Waals surface area contributed by atoms with Gasteiger partial charge in [0.2, 0.25) is 5.91 Å². The summed E-state index contributed by atoms with van der Waals surface area (Å²) in [6.07, 6.45) is 2.05. The number of ether oxygens (including phenoxy) is 1. The second-order valence-corrected chi connectivity index (χ2v) is 4.91. The summed E-state index contributed by atoms with van der Waals surface area (Å²) in [6, 6.07) is 5.82. The van der Waals surface area contributed by atoms with Crippen molar-refractivity contribution in [2.45, 2.75) is 46.1 Å². The van der Waals surface area contributed by atoms with E-state index in [0.717, 1.165) is 23.4 Å². The van der Waals surface area contributed by atoms with E-state index in [0.29, 0.717) is 19.4 Å². The molecule has 0 aliphatic rings. The van der Waals surface area contributed by atoms with Crippen molar-refractivity contribution in [2.24, 2.45) is 5.73 Å². The summed E-state index contributed by atoms with van der Waals surface area (Å²) in [5, 5.41) is 2.88. The van der Waals surface area contributed by atoms with Crippen molar-refractivity contribution in [3.8, 4) is 5.75 Å². The highest BCUT2D eigenvalue weighted by Gasteiger charge is 2.09. The summed E-state index contributed by atoms with van der Waals surface area (Å²) in [4.78, 5) is 11.8. The Morgan fingerprint density at radius 2 is 2.21 bits per heavy atom. The molecule has 1 aromatic rings. The topological polar surface area (TPSA) is 64.3 Å². The lowest BCUT2D eigenvalue weighted by Gasteiger charge is -2.13. The van der Waals surface area contributed by atoms with E-state index < -0.39 is 0 Å².